The van der Waals surface area contributed by atoms with Gasteiger partial charge in [-0.15, -0.1) is 0 Å². The SMILES string of the molecule is CCNc1cc(C(=O)N(CC)CCC#N)c([N+](=O)[O-])cn1. The summed E-state index contributed by atoms with van der Waals surface area (Å²) in [6.07, 6.45) is 1.25. The fourth-order valence-corrected chi connectivity index (χ4v) is 1.80. The molecule has 112 valence electrons. The maximum atomic E-state index is 12.4. The van der Waals surface area contributed by atoms with E-state index in [4.69, 9.17) is 5.26 Å². The first-order valence-corrected chi connectivity index (χ1v) is 6.59. The number of nitriles is 1. The van der Waals surface area contributed by atoms with Gasteiger partial charge in [0.1, 0.15) is 17.6 Å². The second-order valence-electron chi connectivity index (χ2n) is 4.17. The van der Waals surface area contributed by atoms with Gasteiger partial charge in [-0.05, 0) is 13.8 Å². The van der Waals surface area contributed by atoms with Crippen molar-refractivity contribution < 1.29 is 9.72 Å². The number of carbonyl (C=O) groups is 1. The van der Waals surface area contributed by atoms with Gasteiger partial charge in [0.15, 0.2) is 0 Å². The normalized spacial score (nSPS) is 9.76. The molecule has 0 spiro atoms. The van der Waals surface area contributed by atoms with Crippen LogP contribution < -0.4 is 5.32 Å². The fourth-order valence-electron chi connectivity index (χ4n) is 1.80. The maximum Gasteiger partial charge on any atom is 0.300 e. The van der Waals surface area contributed by atoms with Crippen LogP contribution in [0.3, 0.4) is 0 Å². The number of hydrogen-bond donors (Lipinski definition) is 1. The second-order valence-corrected chi connectivity index (χ2v) is 4.17. The molecule has 0 saturated heterocycles. The van der Waals surface area contributed by atoms with Crippen LogP contribution in [-0.4, -0.2) is 40.3 Å². The van der Waals surface area contributed by atoms with Gasteiger partial charge in [-0.3, -0.25) is 14.9 Å². The molecule has 0 aromatic carbocycles. The molecular weight excluding hydrogens is 274 g/mol. The Morgan fingerprint density at radius 2 is 2.29 bits per heavy atom. The maximum absolute atomic E-state index is 12.4. The van der Waals surface area contributed by atoms with E-state index in [-0.39, 0.29) is 24.2 Å². The quantitative estimate of drug-likeness (QED) is 0.605. The molecule has 21 heavy (non-hydrogen) atoms. The summed E-state index contributed by atoms with van der Waals surface area (Å²) in [4.78, 5) is 28.1. The average Bonchev–Trinajstić information content (AvgIpc) is 2.47. The van der Waals surface area contributed by atoms with E-state index in [1.807, 2.05) is 13.0 Å². The number of nitro groups is 1. The summed E-state index contributed by atoms with van der Waals surface area (Å²) in [5, 5.41) is 22.6. The van der Waals surface area contributed by atoms with Gasteiger partial charge < -0.3 is 10.2 Å². The minimum absolute atomic E-state index is 0.0225. The van der Waals surface area contributed by atoms with E-state index < -0.39 is 10.8 Å². The Hall–Kier alpha value is -2.69. The Labute approximate surface area is 122 Å². The summed E-state index contributed by atoms with van der Waals surface area (Å²) in [7, 11) is 0. The Morgan fingerprint density at radius 1 is 1.57 bits per heavy atom. The summed E-state index contributed by atoms with van der Waals surface area (Å²) >= 11 is 0. The summed E-state index contributed by atoms with van der Waals surface area (Å²) in [5.41, 5.74) is -0.359. The van der Waals surface area contributed by atoms with Gasteiger partial charge >= 0.3 is 0 Å². The first-order chi connectivity index (χ1) is 10.0. The molecule has 1 aromatic rings. The lowest BCUT2D eigenvalue weighted by molar-refractivity contribution is -0.385. The third-order valence-corrected chi connectivity index (χ3v) is 2.83. The van der Waals surface area contributed by atoms with Gasteiger partial charge in [-0.1, -0.05) is 0 Å². The molecule has 0 saturated carbocycles. The molecule has 0 aliphatic heterocycles. The highest BCUT2D eigenvalue weighted by Crippen LogP contribution is 2.22. The number of rotatable bonds is 7. The van der Waals surface area contributed by atoms with Crippen LogP contribution in [0.1, 0.15) is 30.6 Å². The van der Waals surface area contributed by atoms with E-state index in [1.54, 1.807) is 6.92 Å². The van der Waals surface area contributed by atoms with Crippen molar-refractivity contribution in [2.24, 2.45) is 0 Å². The van der Waals surface area contributed by atoms with Gasteiger partial charge in [0.2, 0.25) is 0 Å². The predicted molar refractivity (Wildman–Crippen MR) is 76.9 cm³/mol. The van der Waals surface area contributed by atoms with Crippen LogP contribution in [-0.2, 0) is 0 Å². The third-order valence-electron chi connectivity index (χ3n) is 2.83. The molecule has 1 N–H and O–H groups in total. The number of nitrogens with zero attached hydrogens (tertiary/aromatic N) is 4. The number of aromatic nitrogens is 1. The van der Waals surface area contributed by atoms with E-state index in [1.165, 1.54) is 11.0 Å². The van der Waals surface area contributed by atoms with Crippen molar-refractivity contribution in [1.29, 1.82) is 5.26 Å². The van der Waals surface area contributed by atoms with Crippen LogP contribution in [0.4, 0.5) is 11.5 Å². The minimum atomic E-state index is -0.631. The summed E-state index contributed by atoms with van der Waals surface area (Å²) < 4.78 is 0. The molecule has 0 aliphatic carbocycles. The highest BCUT2D eigenvalue weighted by Gasteiger charge is 2.25. The standard InChI is InChI=1S/C13H17N5O3/c1-3-15-12-8-10(11(9-16-12)18(20)21)13(19)17(4-2)7-5-6-14/h8-9H,3-5,7H2,1-2H3,(H,15,16). The smallest absolute Gasteiger partial charge is 0.300 e. The molecular formula is C13H17N5O3. The molecule has 8 heteroatoms. The zero-order valence-corrected chi connectivity index (χ0v) is 12.0. The fraction of sp³-hybridized carbons (Fsp3) is 0.462. The predicted octanol–water partition coefficient (Wildman–Crippen LogP) is 1.80. The average molecular weight is 291 g/mol. The number of hydrogen-bond acceptors (Lipinski definition) is 6. The van der Waals surface area contributed by atoms with Crippen molar-refractivity contribution in [3.05, 3.63) is 27.9 Å². The van der Waals surface area contributed by atoms with Crippen LogP contribution in [0.2, 0.25) is 0 Å². The van der Waals surface area contributed by atoms with Gasteiger partial charge in [0.05, 0.1) is 17.4 Å². The van der Waals surface area contributed by atoms with Gasteiger partial charge in [-0.2, -0.15) is 5.26 Å². The second kappa shape index (κ2) is 7.79. The van der Waals surface area contributed by atoms with Crippen LogP contribution in [0.25, 0.3) is 0 Å². The molecule has 0 bridgehead atoms. The Morgan fingerprint density at radius 3 is 2.81 bits per heavy atom. The topological polar surface area (TPSA) is 112 Å². The Balaban J connectivity index is 3.17. The third kappa shape index (κ3) is 4.14. The zero-order valence-electron chi connectivity index (χ0n) is 12.0. The van der Waals surface area contributed by atoms with Crippen LogP contribution >= 0.6 is 0 Å². The Kier molecular flexibility index (Phi) is 6.07. The molecule has 1 aromatic heterocycles. The van der Waals surface area contributed by atoms with Gasteiger partial charge in [0, 0.05) is 25.7 Å². The van der Waals surface area contributed by atoms with E-state index in [2.05, 4.69) is 10.3 Å². The van der Waals surface area contributed by atoms with E-state index in [9.17, 15) is 14.9 Å². The number of pyridine rings is 1. The monoisotopic (exact) mass is 291 g/mol. The zero-order chi connectivity index (χ0) is 15.8. The molecule has 0 atom stereocenters. The van der Waals surface area contributed by atoms with Crippen LogP contribution in [0.15, 0.2) is 12.3 Å². The molecule has 0 fully saturated rings. The summed E-state index contributed by atoms with van der Waals surface area (Å²) in [6, 6.07) is 3.33. The molecule has 0 aliphatic rings. The van der Waals surface area contributed by atoms with E-state index >= 15 is 0 Å². The van der Waals surface area contributed by atoms with Gasteiger partial charge in [-0.25, -0.2) is 4.98 Å². The van der Waals surface area contributed by atoms with Crippen molar-refractivity contribution in [3.63, 3.8) is 0 Å². The van der Waals surface area contributed by atoms with Crippen molar-refractivity contribution in [3.8, 4) is 6.07 Å². The lowest BCUT2D eigenvalue weighted by Gasteiger charge is -2.19. The number of carbonyl (C=O) groups excluding carboxylic acids is 1. The highest BCUT2D eigenvalue weighted by atomic mass is 16.6. The number of anilines is 1. The lowest BCUT2D eigenvalue weighted by atomic mass is 10.2. The molecule has 1 amide bonds. The molecule has 8 nitrogen and oxygen atoms in total. The molecule has 0 radical (unpaired) electrons. The number of nitrogens with one attached hydrogen (secondary N) is 1. The minimum Gasteiger partial charge on any atom is -0.370 e. The molecule has 1 rings (SSSR count). The van der Waals surface area contributed by atoms with Crippen molar-refractivity contribution >= 4 is 17.4 Å². The first-order valence-electron chi connectivity index (χ1n) is 6.59. The molecule has 1 heterocycles. The number of amides is 1. The largest absolute Gasteiger partial charge is 0.370 e. The van der Waals surface area contributed by atoms with E-state index in [0.29, 0.717) is 18.9 Å². The lowest BCUT2D eigenvalue weighted by Crippen LogP contribution is -2.32. The van der Waals surface area contributed by atoms with Crippen molar-refractivity contribution in [2.45, 2.75) is 20.3 Å². The highest BCUT2D eigenvalue weighted by molar-refractivity contribution is 5.98. The van der Waals surface area contributed by atoms with Crippen LogP contribution in [0, 0.1) is 21.4 Å². The Bertz CT molecular complexity index is 567. The van der Waals surface area contributed by atoms with Crippen molar-refractivity contribution in [2.75, 3.05) is 25.0 Å². The van der Waals surface area contributed by atoms with E-state index in [0.717, 1.165) is 6.20 Å². The first kappa shape index (κ1) is 16.4. The van der Waals surface area contributed by atoms with Crippen molar-refractivity contribution in [1.82, 2.24) is 9.88 Å². The summed E-state index contributed by atoms with van der Waals surface area (Å²) in [5.74, 6) is -0.0659. The molecule has 0 unspecified atom stereocenters. The van der Waals surface area contributed by atoms with Gasteiger partial charge in [0.25, 0.3) is 11.6 Å². The van der Waals surface area contributed by atoms with Crippen LogP contribution in [0.5, 0.6) is 0 Å². The summed E-state index contributed by atoms with van der Waals surface area (Å²) in [6.45, 7) is 4.81.